The molecular weight excluding hydrogens is 1080 g/mol. The van der Waals surface area contributed by atoms with Crippen molar-refractivity contribution < 1.29 is 83.5 Å². The van der Waals surface area contributed by atoms with Gasteiger partial charge in [-0.25, -0.2) is 18.2 Å². The highest BCUT2D eigenvalue weighted by molar-refractivity contribution is 7.68. The molecule has 4 heterocycles. The number of carbonyl (C=O) groups is 3. The van der Waals surface area contributed by atoms with Gasteiger partial charge in [-0.1, -0.05) is 29.1 Å². The first-order valence-corrected chi connectivity index (χ1v) is 28.2. The van der Waals surface area contributed by atoms with E-state index >= 15 is 8.63 Å². The highest BCUT2D eigenvalue weighted by atomic mass is 31.3. The molecule has 4 unspecified atom stereocenters. The number of benzene rings is 1. The van der Waals surface area contributed by atoms with E-state index in [-0.39, 0.29) is 93.5 Å². The monoisotopic (exact) mass is 1140 g/mol. The van der Waals surface area contributed by atoms with E-state index in [1.165, 1.54) is 24.4 Å². The summed E-state index contributed by atoms with van der Waals surface area (Å²) < 4.78 is 103. The van der Waals surface area contributed by atoms with E-state index in [0.717, 1.165) is 14.6 Å². The summed E-state index contributed by atoms with van der Waals surface area (Å²) in [6.07, 6.45) is 3.27. The quantitative estimate of drug-likeness (QED) is 0.0113. The number of aryl methyl sites for hydroxylation is 2. The summed E-state index contributed by atoms with van der Waals surface area (Å²) in [6, 6.07) is 7.75. The molecule has 8 N–H and O–H groups in total. The zero-order chi connectivity index (χ0) is 56.6. The van der Waals surface area contributed by atoms with Gasteiger partial charge in [-0.15, -0.1) is 0 Å². The molecule has 0 spiro atoms. The largest absolute Gasteiger partial charge is 0.544 e. The van der Waals surface area contributed by atoms with Gasteiger partial charge in [0.25, 0.3) is 5.91 Å². The Bertz CT molecular complexity index is 3080. The molecule has 3 aromatic rings. The van der Waals surface area contributed by atoms with E-state index in [0.29, 0.717) is 23.6 Å². The van der Waals surface area contributed by atoms with Crippen LogP contribution < -0.4 is 32.1 Å². The lowest BCUT2D eigenvalue weighted by molar-refractivity contribution is -0.126. The van der Waals surface area contributed by atoms with Gasteiger partial charge in [0.15, 0.2) is 6.23 Å². The van der Waals surface area contributed by atoms with Crippen molar-refractivity contribution in [1.82, 2.24) is 30.0 Å². The van der Waals surface area contributed by atoms with E-state index in [2.05, 4.69) is 60.8 Å². The average Bonchev–Trinajstić information content (AvgIpc) is 3.93. The number of nitrogens with two attached hydrogens (primary N) is 1. The number of aromatic nitrogens is 3. The number of nitrogens with one attached hydrogen (secondary N) is 3. The maximum absolute atomic E-state index is 15.4. The predicted octanol–water partition coefficient (Wildman–Crippen LogP) is 4.17. The number of halogens is 2. The number of fused-ring (bicyclic) bond motifs is 1. The fourth-order valence-electron chi connectivity index (χ4n) is 7.33. The lowest BCUT2D eigenvalue weighted by Crippen LogP contribution is -2.36. The van der Waals surface area contributed by atoms with Crippen LogP contribution in [0, 0.1) is 25.7 Å². The molecule has 5 rings (SSSR count). The minimum absolute atomic E-state index is 0.0342. The number of azide groups is 1. The summed E-state index contributed by atoms with van der Waals surface area (Å²) >= 11 is 0. The molecule has 0 saturated carbocycles. The number of nitrogens with zero attached hydrogens (tertiary/aromatic N) is 7. The van der Waals surface area contributed by atoms with Crippen molar-refractivity contribution >= 4 is 65.5 Å². The fraction of sp³-hybridized carbons (Fsp3) is 0.442. The Hall–Kier alpha value is -6.34. The Morgan fingerprint density at radius 3 is 2.53 bits per heavy atom. The average molecular weight is 1140 g/mol. The highest BCUT2D eigenvalue weighted by Gasteiger charge is 2.40. The van der Waals surface area contributed by atoms with Crippen LogP contribution in [-0.4, -0.2) is 131 Å². The van der Waals surface area contributed by atoms with Crippen molar-refractivity contribution in [3.8, 4) is 17.6 Å². The number of carbonyl (C=O) groups excluding carboxylic acids is 3. The Morgan fingerprint density at radius 1 is 1.04 bits per heavy atom. The SMILES string of the molecule is CC1=Cc2c(C)cc(C)n2[B-](F)(F)N=C(CCC(=O)NCCNC(=O)c2cccc(OCC(N=[N+]=[N-])OCCOCC(=O)NCC#Cc3cn([C@H]4CC[C@@H](COP(=O)(O)OP(=O)(O)OP(C)(=O)O)O4)c(=O)nc3N)c2)C=C1. The maximum atomic E-state index is 15.4. The molecule has 418 valence electrons. The zero-order valence-corrected chi connectivity index (χ0v) is 44.5. The predicted molar refractivity (Wildman–Crippen MR) is 273 cm³/mol. The molecule has 0 bridgehead atoms. The van der Waals surface area contributed by atoms with Gasteiger partial charge in [0.2, 0.25) is 11.8 Å². The first kappa shape index (κ1) is 61.5. The maximum Gasteiger partial charge on any atom is 0.544 e. The van der Waals surface area contributed by atoms with E-state index in [1.54, 1.807) is 51.1 Å². The minimum Gasteiger partial charge on any atom is -0.491 e. The topological polar surface area (TPSA) is 391 Å². The molecule has 6 atom stereocenters. The van der Waals surface area contributed by atoms with Gasteiger partial charge in [-0.3, -0.25) is 28.0 Å². The second-order valence-corrected chi connectivity index (χ2v) is 22.0. The van der Waals surface area contributed by atoms with Crippen molar-refractivity contribution in [2.45, 2.75) is 65.0 Å². The lowest BCUT2D eigenvalue weighted by Gasteiger charge is -2.27. The van der Waals surface area contributed by atoms with Crippen LogP contribution >= 0.6 is 23.2 Å². The third kappa shape index (κ3) is 20.2. The fourth-order valence-corrected chi connectivity index (χ4v) is 10.8. The van der Waals surface area contributed by atoms with Gasteiger partial charge in [-0.2, -0.15) is 9.29 Å². The molecule has 77 heavy (non-hydrogen) atoms. The molecular formula is C43H56BF2N11O17P3-. The number of phosphoric ester groups is 1. The van der Waals surface area contributed by atoms with Crippen LogP contribution in [-0.2, 0) is 50.6 Å². The molecule has 2 aliphatic rings. The normalized spacial score (nSPS) is 18.6. The van der Waals surface area contributed by atoms with Gasteiger partial charge in [0.1, 0.15) is 31.0 Å². The van der Waals surface area contributed by atoms with Crippen LogP contribution in [0.3, 0.4) is 0 Å². The first-order valence-electron chi connectivity index (χ1n) is 23.2. The first-order chi connectivity index (χ1) is 36.2. The van der Waals surface area contributed by atoms with Crippen LogP contribution in [0.15, 0.2) is 69.1 Å². The van der Waals surface area contributed by atoms with Gasteiger partial charge < -0.3 is 73.3 Å². The van der Waals surface area contributed by atoms with E-state index in [4.69, 9.17) is 35.1 Å². The number of amides is 3. The number of rotatable bonds is 26. The van der Waals surface area contributed by atoms with Crippen LogP contribution in [0.25, 0.3) is 16.5 Å². The molecule has 1 fully saturated rings. The van der Waals surface area contributed by atoms with E-state index < -0.39 is 85.4 Å². The summed E-state index contributed by atoms with van der Waals surface area (Å²) in [5.74, 6) is 3.88. The summed E-state index contributed by atoms with van der Waals surface area (Å²) in [7, 11) is -15.4. The van der Waals surface area contributed by atoms with E-state index in [9.17, 15) is 42.7 Å². The number of hydrogen-bond acceptors (Lipinski definition) is 18. The van der Waals surface area contributed by atoms with Crippen LogP contribution in [0.5, 0.6) is 5.75 Å². The van der Waals surface area contributed by atoms with Crippen LogP contribution in [0.1, 0.15) is 71.7 Å². The Labute approximate surface area is 438 Å². The van der Waals surface area contributed by atoms with Crippen molar-refractivity contribution in [1.29, 1.82) is 0 Å². The molecule has 2 aromatic heterocycles. The molecule has 28 nitrogen and oxygen atoms in total. The van der Waals surface area contributed by atoms with Gasteiger partial charge in [-0.05, 0) is 105 Å². The standard InChI is InChI=1S/C43H56BF2N11O17P3/c1-28-10-11-33(53-44(45,46)57-30(3)22-29(2)36(57)21-28)12-14-37(58)50-17-18-51-42(60)31-7-5-9-34(23-31)70-27-39(54-55-48)69-20-19-68-26-38(59)49-16-6-8-32-24-56(43(61)52-41(32)47)40-15-13-35(72-40)25-71-76(64,65)74-77(66,67)73-75(4,62)63/h5,7,9-11,21-24,35,39-40H,12-20,25-27H2,1-4H3,(H,49,59)(H,50,58)(H,51,60)(H,62,63)(H,64,65)(H,66,67)(H2,47,52,61)/q-1/t35-,39?,40+/m0/s1. The third-order valence-corrected chi connectivity index (χ3v) is 14.8. The van der Waals surface area contributed by atoms with Gasteiger partial charge in [0.05, 0.1) is 38.0 Å². The molecule has 3 amide bonds. The Kier molecular flexibility index (Phi) is 22.2. The number of phosphoric acid groups is 2. The molecule has 0 radical (unpaired) electrons. The second kappa shape index (κ2) is 27.8. The molecule has 1 aromatic carbocycles. The van der Waals surface area contributed by atoms with Crippen molar-refractivity contribution in [2.24, 2.45) is 10.0 Å². The number of ether oxygens (including phenoxy) is 4. The van der Waals surface area contributed by atoms with Crippen LogP contribution in [0.2, 0.25) is 0 Å². The number of nitrogen functional groups attached to an aromatic ring is 1. The Balaban J connectivity index is 0.969. The molecule has 34 heteroatoms. The van der Waals surface area contributed by atoms with Crippen LogP contribution in [0.4, 0.5) is 14.4 Å². The van der Waals surface area contributed by atoms with Gasteiger partial charge >= 0.3 is 35.9 Å². The zero-order valence-electron chi connectivity index (χ0n) is 41.9. The summed E-state index contributed by atoms with van der Waals surface area (Å²) in [4.78, 5) is 89.1. The number of anilines is 1. The van der Waals surface area contributed by atoms with Crippen molar-refractivity contribution in [3.63, 3.8) is 0 Å². The molecule has 0 aliphatic carbocycles. The number of allylic oxidation sites excluding steroid dienone is 3. The highest BCUT2D eigenvalue weighted by Crippen LogP contribution is 2.66. The molecule has 1 saturated heterocycles. The lowest BCUT2D eigenvalue weighted by atomic mass is 9.96. The van der Waals surface area contributed by atoms with E-state index in [1.807, 2.05) is 0 Å². The molecule has 2 aliphatic heterocycles. The Morgan fingerprint density at radius 2 is 1.79 bits per heavy atom. The third-order valence-electron chi connectivity index (χ3n) is 10.6. The minimum atomic E-state index is -5.47. The van der Waals surface area contributed by atoms with Gasteiger partial charge in [0, 0.05) is 48.5 Å². The summed E-state index contributed by atoms with van der Waals surface area (Å²) in [5, 5.41) is 11.4. The number of hydrogen-bond donors (Lipinski definition) is 7. The van der Waals surface area contributed by atoms with Crippen molar-refractivity contribution in [2.75, 3.05) is 65.1 Å². The summed E-state index contributed by atoms with van der Waals surface area (Å²) in [6.45, 7) is -0.289. The van der Waals surface area contributed by atoms with Crippen molar-refractivity contribution in [3.05, 3.63) is 103 Å². The summed E-state index contributed by atoms with van der Waals surface area (Å²) in [5.41, 5.74) is 16.7. The second-order valence-electron chi connectivity index (χ2n) is 17.0. The smallest absolute Gasteiger partial charge is 0.491 e.